The Balaban J connectivity index is 2.56. The van der Waals surface area contributed by atoms with E-state index in [4.69, 9.17) is 0 Å². The maximum absolute atomic E-state index is 11.9. The minimum Gasteiger partial charge on any atom is -0.246 e. The van der Waals surface area contributed by atoms with Gasteiger partial charge in [-0.1, -0.05) is 6.07 Å². The first kappa shape index (κ1) is 13.4. The second-order valence-electron chi connectivity index (χ2n) is 5.08. The summed E-state index contributed by atoms with van der Waals surface area (Å²) in [4.78, 5) is 23.3. The standard InChI is InChI=1S/C14H19N3O2/c1-8-6-9(2)12(11(4)10(8)3)7-17-14(19)16(5)13(18)15-17/h6H,7H2,1-5H3,(H,15,18). The molecule has 1 aromatic heterocycles. The van der Waals surface area contributed by atoms with E-state index in [1.807, 2.05) is 6.92 Å². The van der Waals surface area contributed by atoms with E-state index in [2.05, 4.69) is 31.9 Å². The molecule has 0 atom stereocenters. The molecule has 0 saturated carbocycles. The van der Waals surface area contributed by atoms with Crippen molar-refractivity contribution in [3.8, 4) is 0 Å². The van der Waals surface area contributed by atoms with Gasteiger partial charge in [-0.05, 0) is 55.5 Å². The van der Waals surface area contributed by atoms with Crippen LogP contribution in [0.1, 0.15) is 27.8 Å². The van der Waals surface area contributed by atoms with Gasteiger partial charge in [-0.25, -0.2) is 23.9 Å². The van der Waals surface area contributed by atoms with Crippen molar-refractivity contribution in [2.24, 2.45) is 7.05 Å². The van der Waals surface area contributed by atoms with Crippen molar-refractivity contribution < 1.29 is 0 Å². The predicted octanol–water partition coefficient (Wildman–Crippen LogP) is 1.16. The van der Waals surface area contributed by atoms with Crippen molar-refractivity contribution in [2.75, 3.05) is 0 Å². The smallest absolute Gasteiger partial charge is 0.246 e. The number of benzene rings is 1. The maximum atomic E-state index is 11.9. The molecule has 0 unspecified atom stereocenters. The van der Waals surface area contributed by atoms with E-state index in [-0.39, 0.29) is 11.4 Å². The second-order valence-corrected chi connectivity index (χ2v) is 5.08. The average Bonchev–Trinajstić information content (AvgIpc) is 2.59. The first-order valence-electron chi connectivity index (χ1n) is 6.25. The number of nitrogens with zero attached hydrogens (tertiary/aromatic N) is 2. The zero-order chi connectivity index (χ0) is 14.3. The summed E-state index contributed by atoms with van der Waals surface area (Å²) in [5.41, 5.74) is 5.17. The van der Waals surface area contributed by atoms with Gasteiger partial charge >= 0.3 is 11.4 Å². The summed E-state index contributed by atoms with van der Waals surface area (Å²) in [7, 11) is 1.47. The van der Waals surface area contributed by atoms with Crippen molar-refractivity contribution in [2.45, 2.75) is 34.2 Å². The Morgan fingerprint density at radius 1 is 1.05 bits per heavy atom. The Hall–Kier alpha value is -2.04. The zero-order valence-corrected chi connectivity index (χ0v) is 12.0. The fourth-order valence-electron chi connectivity index (χ4n) is 2.35. The number of hydrogen-bond acceptors (Lipinski definition) is 2. The number of H-pyrrole nitrogens is 1. The third-order valence-corrected chi connectivity index (χ3v) is 3.88. The molecular weight excluding hydrogens is 242 g/mol. The molecule has 2 rings (SSSR count). The van der Waals surface area contributed by atoms with Crippen LogP contribution in [0, 0.1) is 27.7 Å². The number of rotatable bonds is 2. The number of nitrogens with one attached hydrogen (secondary N) is 1. The molecule has 2 aromatic rings. The van der Waals surface area contributed by atoms with Crippen LogP contribution < -0.4 is 11.4 Å². The molecule has 0 amide bonds. The van der Waals surface area contributed by atoms with Crippen LogP contribution in [0.3, 0.4) is 0 Å². The summed E-state index contributed by atoms with van der Waals surface area (Å²) in [5.74, 6) is 0. The van der Waals surface area contributed by atoms with E-state index in [1.54, 1.807) is 0 Å². The zero-order valence-electron chi connectivity index (χ0n) is 12.0. The minimum atomic E-state index is -0.385. The summed E-state index contributed by atoms with van der Waals surface area (Å²) < 4.78 is 2.43. The van der Waals surface area contributed by atoms with Gasteiger partial charge in [0.15, 0.2) is 0 Å². The summed E-state index contributed by atoms with van der Waals surface area (Å²) in [5, 5.41) is 2.56. The van der Waals surface area contributed by atoms with Gasteiger partial charge in [-0.2, -0.15) is 0 Å². The van der Waals surface area contributed by atoms with Crippen LogP contribution in [0.5, 0.6) is 0 Å². The Labute approximate surface area is 111 Å². The lowest BCUT2D eigenvalue weighted by atomic mass is 9.94. The first-order chi connectivity index (χ1) is 8.82. The van der Waals surface area contributed by atoms with Crippen molar-refractivity contribution in [1.82, 2.24) is 14.3 Å². The van der Waals surface area contributed by atoms with E-state index in [0.717, 1.165) is 15.7 Å². The molecule has 1 heterocycles. The molecule has 0 aliphatic rings. The molecule has 19 heavy (non-hydrogen) atoms. The van der Waals surface area contributed by atoms with E-state index in [9.17, 15) is 9.59 Å². The largest absolute Gasteiger partial charge is 0.346 e. The van der Waals surface area contributed by atoms with E-state index in [0.29, 0.717) is 6.54 Å². The van der Waals surface area contributed by atoms with Crippen molar-refractivity contribution in [3.05, 3.63) is 54.9 Å². The van der Waals surface area contributed by atoms with Crippen LogP contribution in [0.4, 0.5) is 0 Å². The molecule has 0 radical (unpaired) electrons. The Bertz CT molecular complexity index is 747. The lowest BCUT2D eigenvalue weighted by Crippen LogP contribution is -2.26. The normalized spacial score (nSPS) is 11.0. The molecule has 5 heteroatoms. The van der Waals surface area contributed by atoms with Crippen LogP contribution in [0.15, 0.2) is 15.7 Å². The monoisotopic (exact) mass is 261 g/mol. The fourth-order valence-corrected chi connectivity index (χ4v) is 2.35. The first-order valence-corrected chi connectivity index (χ1v) is 6.25. The number of aryl methyl sites for hydroxylation is 2. The fraction of sp³-hybridized carbons (Fsp3) is 0.429. The van der Waals surface area contributed by atoms with Crippen molar-refractivity contribution >= 4 is 0 Å². The molecule has 0 saturated heterocycles. The molecule has 0 bridgehead atoms. The SMILES string of the molecule is Cc1cc(C)c(Cn2[nH]c(=O)n(C)c2=O)c(C)c1C. The minimum absolute atomic E-state index is 0.318. The van der Waals surface area contributed by atoms with Gasteiger partial charge in [-0.3, -0.25) is 0 Å². The Kier molecular flexibility index (Phi) is 3.22. The molecule has 1 N–H and O–H groups in total. The van der Waals surface area contributed by atoms with E-state index < -0.39 is 0 Å². The van der Waals surface area contributed by atoms with Crippen LogP contribution in [-0.4, -0.2) is 14.3 Å². The molecule has 102 valence electrons. The van der Waals surface area contributed by atoms with Crippen LogP contribution in [-0.2, 0) is 13.6 Å². The van der Waals surface area contributed by atoms with Crippen molar-refractivity contribution in [3.63, 3.8) is 0 Å². The number of aromatic nitrogens is 3. The van der Waals surface area contributed by atoms with E-state index >= 15 is 0 Å². The molecule has 0 aliphatic carbocycles. The molecular formula is C14H19N3O2. The number of hydrogen-bond donors (Lipinski definition) is 1. The number of aromatic amines is 1. The Morgan fingerprint density at radius 3 is 2.21 bits per heavy atom. The van der Waals surface area contributed by atoms with Gasteiger partial charge in [0.1, 0.15) is 0 Å². The molecule has 1 aromatic carbocycles. The van der Waals surface area contributed by atoms with Crippen LogP contribution in [0.2, 0.25) is 0 Å². The molecule has 0 spiro atoms. The highest BCUT2D eigenvalue weighted by molar-refractivity contribution is 5.43. The van der Waals surface area contributed by atoms with E-state index in [1.165, 1.54) is 28.4 Å². The molecule has 0 fully saturated rings. The van der Waals surface area contributed by atoms with Crippen LogP contribution >= 0.6 is 0 Å². The lowest BCUT2D eigenvalue weighted by Gasteiger charge is -2.14. The second kappa shape index (κ2) is 4.57. The Morgan fingerprint density at radius 2 is 1.68 bits per heavy atom. The summed E-state index contributed by atoms with van der Waals surface area (Å²) in [6.45, 7) is 8.63. The quantitative estimate of drug-likeness (QED) is 0.881. The highest BCUT2D eigenvalue weighted by atomic mass is 16.2. The van der Waals surface area contributed by atoms with Crippen molar-refractivity contribution in [1.29, 1.82) is 0 Å². The maximum Gasteiger partial charge on any atom is 0.346 e. The summed E-state index contributed by atoms with van der Waals surface area (Å²) >= 11 is 0. The van der Waals surface area contributed by atoms with Gasteiger partial charge in [-0.15, -0.1) is 0 Å². The van der Waals surface area contributed by atoms with Gasteiger partial charge < -0.3 is 0 Å². The summed E-state index contributed by atoms with van der Waals surface area (Å²) in [6, 6.07) is 2.11. The average molecular weight is 261 g/mol. The van der Waals surface area contributed by atoms with Gasteiger partial charge in [0.2, 0.25) is 0 Å². The molecule has 0 aliphatic heterocycles. The highest BCUT2D eigenvalue weighted by Crippen LogP contribution is 2.21. The molecule has 5 nitrogen and oxygen atoms in total. The third-order valence-electron chi connectivity index (χ3n) is 3.88. The topological polar surface area (TPSA) is 59.8 Å². The third kappa shape index (κ3) is 2.16. The van der Waals surface area contributed by atoms with Gasteiger partial charge in [0, 0.05) is 7.05 Å². The van der Waals surface area contributed by atoms with Gasteiger partial charge in [0.25, 0.3) is 0 Å². The lowest BCUT2D eigenvalue weighted by molar-refractivity contribution is 0.640. The van der Waals surface area contributed by atoms with Gasteiger partial charge in [0.05, 0.1) is 6.54 Å². The van der Waals surface area contributed by atoms with Crippen LogP contribution in [0.25, 0.3) is 0 Å². The highest BCUT2D eigenvalue weighted by Gasteiger charge is 2.11. The predicted molar refractivity (Wildman–Crippen MR) is 74.8 cm³/mol. The summed E-state index contributed by atoms with van der Waals surface area (Å²) in [6.07, 6.45) is 0.